The van der Waals surface area contributed by atoms with Crippen molar-refractivity contribution in [1.29, 1.82) is 0 Å². The topological polar surface area (TPSA) is 85.4 Å². The molecular weight excluding hydrogens is 356 g/mol. The first-order chi connectivity index (χ1) is 13.6. The summed E-state index contributed by atoms with van der Waals surface area (Å²) in [6.07, 6.45) is 0. The van der Waals surface area contributed by atoms with E-state index < -0.39 is 0 Å². The van der Waals surface area contributed by atoms with Crippen LogP contribution < -0.4 is 20.1 Å². The zero-order valence-electron chi connectivity index (χ0n) is 16.0. The summed E-state index contributed by atoms with van der Waals surface area (Å²) in [7, 11) is 3.09. The van der Waals surface area contributed by atoms with Crippen molar-refractivity contribution in [2.24, 2.45) is 0 Å². The van der Waals surface area contributed by atoms with Crippen molar-refractivity contribution in [3.63, 3.8) is 0 Å². The van der Waals surface area contributed by atoms with E-state index in [0.29, 0.717) is 29.5 Å². The predicted octanol–water partition coefficient (Wildman–Crippen LogP) is 3.67. The number of hydrogen-bond acceptors (Lipinski definition) is 6. The fraction of sp³-hybridized carbons (Fsp3) is 0.190. The lowest BCUT2D eigenvalue weighted by Crippen LogP contribution is -2.15. The number of carbonyl (C=O) groups excluding carboxylic acids is 1. The molecule has 1 amide bonds. The normalized spacial score (nSPS) is 10.2. The standard InChI is InChI=1S/C21H22N4O3/c1-14-4-6-15(7-5-14)13-22-20-11-9-17(24-25-20)21(26)23-18-12-16(27-2)8-10-19(18)28-3/h4-12H,13H2,1-3H3,(H,22,25)(H,23,26). The summed E-state index contributed by atoms with van der Waals surface area (Å²) in [6, 6.07) is 16.7. The zero-order chi connectivity index (χ0) is 19.9. The lowest BCUT2D eigenvalue weighted by molar-refractivity contribution is 0.102. The molecular formula is C21H22N4O3. The molecule has 0 aliphatic rings. The molecule has 0 saturated carbocycles. The summed E-state index contributed by atoms with van der Waals surface area (Å²) in [5.74, 6) is 1.34. The molecule has 0 unspecified atom stereocenters. The molecule has 3 aromatic rings. The fourth-order valence-electron chi connectivity index (χ4n) is 2.54. The molecule has 0 bridgehead atoms. The van der Waals surface area contributed by atoms with Crippen LogP contribution in [-0.2, 0) is 6.54 Å². The molecule has 1 heterocycles. The monoisotopic (exact) mass is 378 g/mol. The van der Waals surface area contributed by atoms with E-state index in [9.17, 15) is 4.79 Å². The Morgan fingerprint density at radius 2 is 1.75 bits per heavy atom. The molecule has 0 radical (unpaired) electrons. The third-order valence-corrected chi connectivity index (χ3v) is 4.15. The van der Waals surface area contributed by atoms with Gasteiger partial charge < -0.3 is 20.1 Å². The number of anilines is 2. The second-order valence-corrected chi connectivity index (χ2v) is 6.16. The summed E-state index contributed by atoms with van der Waals surface area (Å²) in [6.45, 7) is 2.68. The average molecular weight is 378 g/mol. The zero-order valence-corrected chi connectivity index (χ0v) is 16.0. The van der Waals surface area contributed by atoms with Gasteiger partial charge in [0.2, 0.25) is 0 Å². The van der Waals surface area contributed by atoms with Gasteiger partial charge in [0, 0.05) is 12.6 Å². The molecule has 0 fully saturated rings. The Bertz CT molecular complexity index is 941. The number of amides is 1. The minimum absolute atomic E-state index is 0.200. The van der Waals surface area contributed by atoms with Crippen LogP contribution in [0.3, 0.4) is 0 Å². The highest BCUT2D eigenvalue weighted by Gasteiger charge is 2.13. The number of carbonyl (C=O) groups is 1. The van der Waals surface area contributed by atoms with E-state index in [0.717, 1.165) is 5.56 Å². The number of nitrogens with zero attached hydrogens (tertiary/aromatic N) is 2. The van der Waals surface area contributed by atoms with Crippen molar-refractivity contribution in [3.8, 4) is 11.5 Å². The minimum Gasteiger partial charge on any atom is -0.497 e. The lowest BCUT2D eigenvalue weighted by Gasteiger charge is -2.11. The van der Waals surface area contributed by atoms with Crippen LogP contribution in [0.4, 0.5) is 11.5 Å². The molecule has 0 saturated heterocycles. The van der Waals surface area contributed by atoms with E-state index in [1.54, 1.807) is 37.4 Å². The molecule has 1 aromatic heterocycles. The van der Waals surface area contributed by atoms with Gasteiger partial charge in [-0.05, 0) is 36.8 Å². The maximum absolute atomic E-state index is 12.5. The number of ether oxygens (including phenoxy) is 2. The van der Waals surface area contributed by atoms with Gasteiger partial charge in [0.25, 0.3) is 5.91 Å². The van der Waals surface area contributed by atoms with Crippen LogP contribution >= 0.6 is 0 Å². The van der Waals surface area contributed by atoms with Gasteiger partial charge in [-0.25, -0.2) is 0 Å². The van der Waals surface area contributed by atoms with Gasteiger partial charge in [0.15, 0.2) is 5.69 Å². The lowest BCUT2D eigenvalue weighted by atomic mass is 10.1. The number of hydrogen-bond donors (Lipinski definition) is 2. The summed E-state index contributed by atoms with van der Waals surface area (Å²) >= 11 is 0. The van der Waals surface area contributed by atoms with Gasteiger partial charge in [-0.1, -0.05) is 29.8 Å². The Morgan fingerprint density at radius 1 is 0.964 bits per heavy atom. The Kier molecular flexibility index (Phi) is 6.06. The number of aryl methyl sites for hydroxylation is 1. The van der Waals surface area contributed by atoms with Gasteiger partial charge in [0.1, 0.15) is 17.3 Å². The van der Waals surface area contributed by atoms with Gasteiger partial charge >= 0.3 is 0 Å². The highest BCUT2D eigenvalue weighted by molar-refractivity contribution is 6.03. The smallest absolute Gasteiger partial charge is 0.276 e. The number of rotatable bonds is 7. The molecule has 0 atom stereocenters. The molecule has 0 aliphatic carbocycles. The Labute approximate surface area is 163 Å². The Morgan fingerprint density at radius 3 is 2.39 bits per heavy atom. The van der Waals surface area contributed by atoms with Crippen molar-refractivity contribution in [1.82, 2.24) is 10.2 Å². The first-order valence-corrected chi connectivity index (χ1v) is 8.75. The number of aromatic nitrogens is 2. The summed E-state index contributed by atoms with van der Waals surface area (Å²) in [5, 5.41) is 14.0. The van der Waals surface area contributed by atoms with E-state index in [2.05, 4.69) is 45.1 Å². The van der Waals surface area contributed by atoms with Crippen molar-refractivity contribution in [2.45, 2.75) is 13.5 Å². The summed E-state index contributed by atoms with van der Waals surface area (Å²) in [5.41, 5.74) is 3.05. The number of methoxy groups -OCH3 is 2. The second-order valence-electron chi connectivity index (χ2n) is 6.16. The largest absolute Gasteiger partial charge is 0.497 e. The number of benzene rings is 2. The van der Waals surface area contributed by atoms with E-state index in [4.69, 9.17) is 9.47 Å². The van der Waals surface area contributed by atoms with Crippen molar-refractivity contribution in [3.05, 3.63) is 71.4 Å². The molecule has 144 valence electrons. The van der Waals surface area contributed by atoms with E-state index in [1.165, 1.54) is 12.7 Å². The van der Waals surface area contributed by atoms with E-state index >= 15 is 0 Å². The Balaban J connectivity index is 1.64. The van der Waals surface area contributed by atoms with E-state index in [1.807, 2.05) is 6.92 Å². The van der Waals surface area contributed by atoms with Crippen LogP contribution in [0.25, 0.3) is 0 Å². The molecule has 2 N–H and O–H groups in total. The van der Waals surface area contributed by atoms with Gasteiger partial charge in [-0.2, -0.15) is 0 Å². The van der Waals surface area contributed by atoms with Crippen LogP contribution in [0.15, 0.2) is 54.6 Å². The third kappa shape index (κ3) is 4.76. The van der Waals surface area contributed by atoms with Crippen molar-refractivity contribution >= 4 is 17.4 Å². The van der Waals surface area contributed by atoms with Crippen LogP contribution in [0.5, 0.6) is 11.5 Å². The maximum Gasteiger partial charge on any atom is 0.276 e. The first kappa shape index (κ1) is 19.2. The maximum atomic E-state index is 12.5. The van der Waals surface area contributed by atoms with Gasteiger partial charge in [-0.3, -0.25) is 4.79 Å². The first-order valence-electron chi connectivity index (χ1n) is 8.75. The van der Waals surface area contributed by atoms with Crippen LogP contribution in [0.2, 0.25) is 0 Å². The molecule has 7 heteroatoms. The molecule has 0 spiro atoms. The molecule has 2 aromatic carbocycles. The highest BCUT2D eigenvalue weighted by atomic mass is 16.5. The molecule has 7 nitrogen and oxygen atoms in total. The van der Waals surface area contributed by atoms with Crippen LogP contribution in [0.1, 0.15) is 21.6 Å². The average Bonchev–Trinajstić information content (AvgIpc) is 2.73. The van der Waals surface area contributed by atoms with Crippen molar-refractivity contribution in [2.75, 3.05) is 24.9 Å². The molecule has 0 aliphatic heterocycles. The summed E-state index contributed by atoms with van der Waals surface area (Å²) in [4.78, 5) is 12.5. The Hall–Kier alpha value is -3.61. The van der Waals surface area contributed by atoms with Gasteiger partial charge in [-0.15, -0.1) is 10.2 Å². The highest BCUT2D eigenvalue weighted by Crippen LogP contribution is 2.29. The SMILES string of the molecule is COc1ccc(OC)c(NC(=O)c2ccc(NCc3ccc(C)cc3)nn2)c1. The third-order valence-electron chi connectivity index (χ3n) is 4.15. The fourth-order valence-corrected chi connectivity index (χ4v) is 2.54. The second kappa shape index (κ2) is 8.85. The quantitative estimate of drug-likeness (QED) is 0.653. The predicted molar refractivity (Wildman–Crippen MR) is 108 cm³/mol. The molecule has 28 heavy (non-hydrogen) atoms. The molecule has 3 rings (SSSR count). The van der Waals surface area contributed by atoms with Crippen molar-refractivity contribution < 1.29 is 14.3 Å². The van der Waals surface area contributed by atoms with E-state index in [-0.39, 0.29) is 11.6 Å². The minimum atomic E-state index is -0.385. The number of nitrogens with one attached hydrogen (secondary N) is 2. The van der Waals surface area contributed by atoms with Gasteiger partial charge in [0.05, 0.1) is 19.9 Å². The summed E-state index contributed by atoms with van der Waals surface area (Å²) < 4.78 is 10.4. The van der Waals surface area contributed by atoms with Crippen LogP contribution in [0, 0.1) is 6.92 Å². The van der Waals surface area contributed by atoms with Crippen LogP contribution in [-0.4, -0.2) is 30.3 Å².